The summed E-state index contributed by atoms with van der Waals surface area (Å²) in [5.41, 5.74) is 1.60. The minimum atomic E-state index is -0.201. The highest BCUT2D eigenvalue weighted by atomic mass is 32.2. The molecule has 3 aromatic rings. The van der Waals surface area contributed by atoms with Crippen molar-refractivity contribution in [3.05, 3.63) is 47.9 Å². The summed E-state index contributed by atoms with van der Waals surface area (Å²) in [5.74, 6) is 1.39. The molecule has 0 radical (unpaired) electrons. The SMILES string of the molecule is CC(C)NC(=O)c1ccc(CSc2nc3ccccc3o2)o1. The normalized spacial score (nSPS) is 11.2. The van der Waals surface area contributed by atoms with Gasteiger partial charge in [0.2, 0.25) is 0 Å². The smallest absolute Gasteiger partial charge is 0.287 e. The lowest BCUT2D eigenvalue weighted by Gasteiger charge is -2.05. The third-order valence-corrected chi connectivity index (χ3v) is 3.77. The summed E-state index contributed by atoms with van der Waals surface area (Å²) >= 11 is 1.43. The van der Waals surface area contributed by atoms with Crippen molar-refractivity contribution in [2.24, 2.45) is 0 Å². The highest BCUT2D eigenvalue weighted by molar-refractivity contribution is 7.98. The van der Waals surface area contributed by atoms with E-state index in [2.05, 4.69) is 10.3 Å². The molecule has 0 aliphatic carbocycles. The van der Waals surface area contributed by atoms with Gasteiger partial charge in [-0.25, -0.2) is 4.98 Å². The molecule has 0 unspecified atom stereocenters. The first-order valence-electron chi connectivity index (χ1n) is 7.00. The monoisotopic (exact) mass is 316 g/mol. The molecule has 5 nitrogen and oxygen atoms in total. The standard InChI is InChI=1S/C16H16N2O3S/c1-10(2)17-15(19)14-8-7-11(20-14)9-22-16-18-12-5-3-4-6-13(12)21-16/h3-8,10H,9H2,1-2H3,(H,17,19). The average Bonchev–Trinajstić information content (AvgIpc) is 3.10. The molecule has 0 spiro atoms. The van der Waals surface area contributed by atoms with Crippen molar-refractivity contribution < 1.29 is 13.6 Å². The van der Waals surface area contributed by atoms with Gasteiger partial charge in [-0.3, -0.25) is 4.79 Å². The van der Waals surface area contributed by atoms with E-state index in [1.165, 1.54) is 11.8 Å². The Hall–Kier alpha value is -2.21. The third-order valence-electron chi connectivity index (χ3n) is 2.92. The lowest BCUT2D eigenvalue weighted by Crippen LogP contribution is -2.29. The number of carbonyl (C=O) groups is 1. The van der Waals surface area contributed by atoms with Gasteiger partial charge in [0.25, 0.3) is 11.1 Å². The first-order chi connectivity index (χ1) is 10.6. The molecule has 1 amide bonds. The molecule has 2 aromatic heterocycles. The van der Waals surface area contributed by atoms with E-state index in [1.807, 2.05) is 38.1 Å². The number of fused-ring (bicyclic) bond motifs is 1. The van der Waals surface area contributed by atoms with Crippen molar-refractivity contribution >= 4 is 28.8 Å². The van der Waals surface area contributed by atoms with Gasteiger partial charge >= 0.3 is 0 Å². The number of hydrogen-bond donors (Lipinski definition) is 1. The van der Waals surface area contributed by atoms with Crippen LogP contribution in [0.25, 0.3) is 11.1 Å². The summed E-state index contributed by atoms with van der Waals surface area (Å²) in [6.45, 7) is 3.82. The Morgan fingerprint density at radius 2 is 2.05 bits per heavy atom. The fourth-order valence-electron chi connectivity index (χ4n) is 1.96. The molecule has 114 valence electrons. The van der Waals surface area contributed by atoms with E-state index in [1.54, 1.807) is 12.1 Å². The van der Waals surface area contributed by atoms with E-state index < -0.39 is 0 Å². The van der Waals surface area contributed by atoms with Crippen LogP contribution >= 0.6 is 11.8 Å². The summed E-state index contributed by atoms with van der Waals surface area (Å²) in [7, 11) is 0. The number of nitrogens with one attached hydrogen (secondary N) is 1. The van der Waals surface area contributed by atoms with Gasteiger partial charge in [0.15, 0.2) is 11.3 Å². The number of hydrogen-bond acceptors (Lipinski definition) is 5. The number of amides is 1. The Morgan fingerprint density at radius 1 is 1.23 bits per heavy atom. The number of para-hydroxylation sites is 2. The van der Waals surface area contributed by atoms with Crippen molar-refractivity contribution in [3.8, 4) is 0 Å². The second kappa shape index (κ2) is 6.27. The zero-order valence-corrected chi connectivity index (χ0v) is 13.1. The van der Waals surface area contributed by atoms with Crippen LogP contribution in [0.15, 0.2) is 50.5 Å². The molecular weight excluding hydrogens is 300 g/mol. The highest BCUT2D eigenvalue weighted by Gasteiger charge is 2.13. The van der Waals surface area contributed by atoms with Crippen molar-refractivity contribution in [1.29, 1.82) is 0 Å². The van der Waals surface area contributed by atoms with Crippen LogP contribution in [-0.4, -0.2) is 16.9 Å². The van der Waals surface area contributed by atoms with Crippen LogP contribution in [0, 0.1) is 0 Å². The molecule has 0 bridgehead atoms. The minimum Gasteiger partial charge on any atom is -0.455 e. The van der Waals surface area contributed by atoms with E-state index in [0.717, 1.165) is 11.1 Å². The molecule has 3 rings (SSSR count). The van der Waals surface area contributed by atoms with Crippen LogP contribution in [-0.2, 0) is 5.75 Å². The van der Waals surface area contributed by atoms with E-state index >= 15 is 0 Å². The van der Waals surface area contributed by atoms with Gasteiger partial charge in [-0.2, -0.15) is 0 Å². The number of oxazole rings is 1. The average molecular weight is 316 g/mol. The molecule has 22 heavy (non-hydrogen) atoms. The number of thioether (sulfide) groups is 1. The zero-order valence-electron chi connectivity index (χ0n) is 12.3. The number of furan rings is 1. The second-order valence-corrected chi connectivity index (χ2v) is 6.06. The third kappa shape index (κ3) is 3.33. The maximum absolute atomic E-state index is 11.8. The number of carbonyl (C=O) groups excluding carboxylic acids is 1. The van der Waals surface area contributed by atoms with Gasteiger partial charge in [0.1, 0.15) is 11.3 Å². The van der Waals surface area contributed by atoms with Crippen LogP contribution < -0.4 is 5.32 Å². The maximum atomic E-state index is 11.8. The molecule has 0 aliphatic heterocycles. The lowest BCUT2D eigenvalue weighted by atomic mass is 10.3. The largest absolute Gasteiger partial charge is 0.455 e. The first kappa shape index (κ1) is 14.7. The van der Waals surface area contributed by atoms with Gasteiger partial charge < -0.3 is 14.2 Å². The number of aromatic nitrogens is 1. The topological polar surface area (TPSA) is 68.3 Å². The fourth-order valence-corrected chi connectivity index (χ4v) is 2.69. The van der Waals surface area contributed by atoms with Crippen LogP contribution in [0.4, 0.5) is 0 Å². The van der Waals surface area contributed by atoms with Crippen LogP contribution in [0.5, 0.6) is 0 Å². The molecular formula is C16H16N2O3S. The Kier molecular flexibility index (Phi) is 4.20. The lowest BCUT2D eigenvalue weighted by molar-refractivity contribution is 0.0914. The van der Waals surface area contributed by atoms with E-state index in [9.17, 15) is 4.79 Å². The molecule has 1 N–H and O–H groups in total. The number of rotatable bonds is 5. The Bertz CT molecular complexity index is 758. The summed E-state index contributed by atoms with van der Waals surface area (Å²) in [5, 5.41) is 3.38. The quantitative estimate of drug-likeness (QED) is 0.724. The predicted molar refractivity (Wildman–Crippen MR) is 84.9 cm³/mol. The molecule has 2 heterocycles. The van der Waals surface area contributed by atoms with E-state index in [0.29, 0.717) is 22.5 Å². The van der Waals surface area contributed by atoms with Crippen molar-refractivity contribution in [3.63, 3.8) is 0 Å². The Balaban J connectivity index is 1.64. The number of benzene rings is 1. The Labute approximate surface area is 132 Å². The molecule has 0 saturated carbocycles. The summed E-state index contributed by atoms with van der Waals surface area (Å²) < 4.78 is 11.2. The van der Waals surface area contributed by atoms with Gasteiger partial charge in [0, 0.05) is 6.04 Å². The zero-order chi connectivity index (χ0) is 15.5. The van der Waals surface area contributed by atoms with Gasteiger partial charge in [-0.1, -0.05) is 23.9 Å². The highest BCUT2D eigenvalue weighted by Crippen LogP contribution is 2.26. The van der Waals surface area contributed by atoms with Gasteiger partial charge in [-0.15, -0.1) is 0 Å². The molecule has 1 aromatic carbocycles. The minimum absolute atomic E-state index is 0.0789. The second-order valence-electron chi connectivity index (χ2n) is 5.13. The Morgan fingerprint density at radius 3 is 2.82 bits per heavy atom. The van der Waals surface area contributed by atoms with Crippen LogP contribution in [0.3, 0.4) is 0 Å². The first-order valence-corrected chi connectivity index (χ1v) is 7.98. The van der Waals surface area contributed by atoms with Crippen molar-refractivity contribution in [2.75, 3.05) is 0 Å². The summed E-state index contributed by atoms with van der Waals surface area (Å²) in [6.07, 6.45) is 0. The van der Waals surface area contributed by atoms with Crippen LogP contribution in [0.1, 0.15) is 30.2 Å². The van der Waals surface area contributed by atoms with Crippen LogP contribution in [0.2, 0.25) is 0 Å². The van der Waals surface area contributed by atoms with Crippen molar-refractivity contribution in [1.82, 2.24) is 10.3 Å². The molecule has 0 fully saturated rings. The molecule has 6 heteroatoms. The summed E-state index contributed by atoms with van der Waals surface area (Å²) in [6, 6.07) is 11.2. The fraction of sp³-hybridized carbons (Fsp3) is 0.250. The van der Waals surface area contributed by atoms with Crippen molar-refractivity contribution in [2.45, 2.75) is 30.9 Å². The molecule has 0 atom stereocenters. The summed E-state index contributed by atoms with van der Waals surface area (Å²) in [4.78, 5) is 16.2. The van der Waals surface area contributed by atoms with Gasteiger partial charge in [-0.05, 0) is 38.1 Å². The molecule has 0 saturated heterocycles. The molecule has 0 aliphatic rings. The maximum Gasteiger partial charge on any atom is 0.287 e. The predicted octanol–water partition coefficient (Wildman–Crippen LogP) is 3.85. The van der Waals surface area contributed by atoms with E-state index in [-0.39, 0.29) is 11.9 Å². The number of nitrogens with zero attached hydrogens (tertiary/aromatic N) is 1. The van der Waals surface area contributed by atoms with Gasteiger partial charge in [0.05, 0.1) is 5.75 Å². The van der Waals surface area contributed by atoms with E-state index in [4.69, 9.17) is 8.83 Å².